The van der Waals surface area contributed by atoms with Crippen LogP contribution in [0.3, 0.4) is 0 Å². The largest absolute Gasteiger partial charge is 0.494 e. The maximum absolute atomic E-state index is 11.8. The fourth-order valence-electron chi connectivity index (χ4n) is 2.81. The summed E-state index contributed by atoms with van der Waals surface area (Å²) in [7, 11) is 1.55. The minimum Gasteiger partial charge on any atom is -0.494 e. The summed E-state index contributed by atoms with van der Waals surface area (Å²) in [6.45, 7) is 4.35. The molecule has 0 radical (unpaired) electrons. The zero-order valence-corrected chi connectivity index (χ0v) is 15.3. The van der Waals surface area contributed by atoms with Gasteiger partial charge in [0.2, 0.25) is 5.78 Å². The van der Waals surface area contributed by atoms with E-state index in [1.807, 2.05) is 17.9 Å². The number of rotatable bonds is 7. The minimum absolute atomic E-state index is 0.0202. The Kier molecular flexibility index (Phi) is 6.54. The van der Waals surface area contributed by atoms with E-state index in [1.54, 1.807) is 26.2 Å². The summed E-state index contributed by atoms with van der Waals surface area (Å²) in [4.78, 5) is 18.3. The van der Waals surface area contributed by atoms with Crippen molar-refractivity contribution in [3.63, 3.8) is 0 Å². The molecular weight excluding hydrogens is 334 g/mol. The Morgan fingerprint density at radius 1 is 1.19 bits per heavy atom. The fraction of sp³-hybridized carbons (Fsp3) is 0.368. The molecule has 7 nitrogen and oxygen atoms in total. The topological polar surface area (TPSA) is 108 Å². The van der Waals surface area contributed by atoms with Crippen molar-refractivity contribution in [3.05, 3.63) is 41.1 Å². The molecule has 140 valence electrons. The summed E-state index contributed by atoms with van der Waals surface area (Å²) in [5.41, 5.74) is 9.50. The monoisotopic (exact) mass is 359 g/mol. The van der Waals surface area contributed by atoms with Gasteiger partial charge >= 0.3 is 0 Å². The molecule has 26 heavy (non-hydrogen) atoms. The van der Waals surface area contributed by atoms with Crippen molar-refractivity contribution in [2.75, 3.05) is 38.3 Å². The Morgan fingerprint density at radius 2 is 1.85 bits per heavy atom. The number of anilines is 1. The molecular formula is C19H25N3O4. The molecule has 0 spiro atoms. The zero-order chi connectivity index (χ0) is 19.3. The minimum atomic E-state index is -0.204. The predicted molar refractivity (Wildman–Crippen MR) is 102 cm³/mol. The highest BCUT2D eigenvalue weighted by molar-refractivity contribution is 6.24. The molecule has 0 bridgehead atoms. The summed E-state index contributed by atoms with van der Waals surface area (Å²) >= 11 is 0. The number of carbonyl (C=O) groups excluding carboxylic acids is 1. The van der Waals surface area contributed by atoms with E-state index in [0.717, 1.165) is 11.3 Å². The van der Waals surface area contributed by atoms with E-state index in [1.165, 1.54) is 6.08 Å². The summed E-state index contributed by atoms with van der Waals surface area (Å²) in [6, 6.07) is 5.46. The van der Waals surface area contributed by atoms with Gasteiger partial charge in [-0.1, -0.05) is 0 Å². The molecule has 0 aromatic heterocycles. The Labute approximate surface area is 153 Å². The quantitative estimate of drug-likeness (QED) is 0.634. The van der Waals surface area contributed by atoms with Gasteiger partial charge in [-0.2, -0.15) is 0 Å². The first-order chi connectivity index (χ1) is 12.4. The highest BCUT2D eigenvalue weighted by atomic mass is 16.5. The molecule has 0 amide bonds. The first kappa shape index (κ1) is 19.7. The van der Waals surface area contributed by atoms with Gasteiger partial charge in [0, 0.05) is 30.4 Å². The third kappa shape index (κ3) is 4.12. The van der Waals surface area contributed by atoms with Crippen molar-refractivity contribution in [2.45, 2.75) is 13.8 Å². The Morgan fingerprint density at radius 3 is 2.42 bits per heavy atom. The first-order valence-corrected chi connectivity index (χ1v) is 8.36. The van der Waals surface area contributed by atoms with Crippen LogP contribution in [0.4, 0.5) is 11.4 Å². The number of ketones is 1. The van der Waals surface area contributed by atoms with Crippen LogP contribution >= 0.6 is 0 Å². The molecule has 1 aliphatic carbocycles. The van der Waals surface area contributed by atoms with Crippen LogP contribution in [-0.2, 0) is 4.79 Å². The highest BCUT2D eigenvalue weighted by Crippen LogP contribution is 2.33. The van der Waals surface area contributed by atoms with Crippen LogP contribution in [0.5, 0.6) is 5.75 Å². The van der Waals surface area contributed by atoms with E-state index in [4.69, 9.17) is 10.5 Å². The number of hydrogen-bond donors (Lipinski definition) is 3. The van der Waals surface area contributed by atoms with Gasteiger partial charge in [0.1, 0.15) is 11.4 Å². The molecule has 0 saturated carbocycles. The Bertz CT molecular complexity index is 775. The van der Waals surface area contributed by atoms with E-state index in [9.17, 15) is 15.0 Å². The van der Waals surface area contributed by atoms with Gasteiger partial charge in [0.05, 0.1) is 31.7 Å². The molecule has 0 unspecified atom stereocenters. The number of aliphatic hydroxyl groups excluding tert-OH is 2. The van der Waals surface area contributed by atoms with Crippen LogP contribution in [0.2, 0.25) is 0 Å². The summed E-state index contributed by atoms with van der Waals surface area (Å²) in [6.07, 6.45) is 1.48. The molecule has 0 fully saturated rings. The zero-order valence-electron chi connectivity index (χ0n) is 15.3. The van der Waals surface area contributed by atoms with E-state index < -0.39 is 0 Å². The number of benzene rings is 1. The number of methoxy groups -OCH3 is 1. The number of hydrogen-bond acceptors (Lipinski definition) is 7. The molecule has 0 saturated heterocycles. The van der Waals surface area contributed by atoms with E-state index in [0.29, 0.717) is 35.8 Å². The number of carbonyl (C=O) groups is 1. The van der Waals surface area contributed by atoms with Crippen molar-refractivity contribution in [2.24, 2.45) is 10.7 Å². The van der Waals surface area contributed by atoms with Gasteiger partial charge in [-0.05, 0) is 37.6 Å². The van der Waals surface area contributed by atoms with Crippen LogP contribution in [0, 0.1) is 0 Å². The van der Waals surface area contributed by atoms with Crippen LogP contribution in [-0.4, -0.2) is 55.1 Å². The number of nitrogens with two attached hydrogens (primary N) is 1. The maximum Gasteiger partial charge on any atom is 0.202 e. The van der Waals surface area contributed by atoms with Gasteiger partial charge in [-0.25, -0.2) is 4.99 Å². The second-order valence-corrected chi connectivity index (χ2v) is 5.98. The molecule has 7 heteroatoms. The molecule has 2 rings (SSSR count). The lowest BCUT2D eigenvalue weighted by Gasteiger charge is -2.24. The SMILES string of the molecule is COc1cc(N(CCO)CCO)ccc1N=C1C(C)=CC(=O)C(N)=C1C. The fourth-order valence-corrected chi connectivity index (χ4v) is 2.81. The lowest BCUT2D eigenvalue weighted by Crippen LogP contribution is -2.29. The Balaban J connectivity index is 2.45. The van der Waals surface area contributed by atoms with Crippen LogP contribution in [0.1, 0.15) is 13.8 Å². The molecule has 1 aliphatic rings. The van der Waals surface area contributed by atoms with Crippen LogP contribution in [0.15, 0.2) is 46.1 Å². The van der Waals surface area contributed by atoms with Crippen LogP contribution < -0.4 is 15.4 Å². The maximum atomic E-state index is 11.8. The van der Waals surface area contributed by atoms with E-state index >= 15 is 0 Å². The summed E-state index contributed by atoms with van der Waals surface area (Å²) in [5.74, 6) is 0.344. The van der Waals surface area contributed by atoms with Gasteiger partial charge in [-0.3, -0.25) is 4.79 Å². The lowest BCUT2D eigenvalue weighted by atomic mass is 9.94. The van der Waals surface area contributed by atoms with E-state index in [2.05, 4.69) is 4.99 Å². The van der Waals surface area contributed by atoms with Gasteiger partial charge in [0.25, 0.3) is 0 Å². The summed E-state index contributed by atoms with van der Waals surface area (Å²) < 4.78 is 5.46. The molecule has 1 aromatic rings. The molecule has 0 heterocycles. The summed E-state index contributed by atoms with van der Waals surface area (Å²) in [5, 5.41) is 18.4. The van der Waals surface area contributed by atoms with Gasteiger partial charge in [0.15, 0.2) is 0 Å². The lowest BCUT2D eigenvalue weighted by molar-refractivity contribution is -0.111. The third-order valence-corrected chi connectivity index (χ3v) is 4.25. The van der Waals surface area contributed by atoms with Crippen molar-refractivity contribution in [1.29, 1.82) is 0 Å². The number of ether oxygens (including phenoxy) is 1. The average molecular weight is 359 g/mol. The number of nitrogens with zero attached hydrogens (tertiary/aromatic N) is 2. The molecule has 4 N–H and O–H groups in total. The van der Waals surface area contributed by atoms with Crippen molar-refractivity contribution >= 4 is 22.9 Å². The van der Waals surface area contributed by atoms with E-state index in [-0.39, 0.29) is 24.7 Å². The predicted octanol–water partition coefficient (Wildman–Crippen LogP) is 1.32. The standard InChI is InChI=1S/C19H25N3O4/c1-12-10-16(25)18(20)13(2)19(12)21-15-5-4-14(11-17(15)26-3)22(6-8-23)7-9-24/h4-5,10-11,23-24H,6-9,20H2,1-3H3. The van der Waals surface area contributed by atoms with Crippen molar-refractivity contribution in [1.82, 2.24) is 0 Å². The van der Waals surface area contributed by atoms with Gasteiger partial charge in [-0.15, -0.1) is 0 Å². The number of aliphatic imine (C=N–C) groups is 1. The molecule has 0 atom stereocenters. The molecule has 1 aromatic carbocycles. The third-order valence-electron chi connectivity index (χ3n) is 4.25. The van der Waals surface area contributed by atoms with Crippen molar-refractivity contribution < 1.29 is 19.7 Å². The number of allylic oxidation sites excluding steroid dienone is 3. The first-order valence-electron chi connectivity index (χ1n) is 8.36. The second-order valence-electron chi connectivity index (χ2n) is 5.98. The molecule has 0 aliphatic heterocycles. The average Bonchev–Trinajstić information content (AvgIpc) is 2.63. The second kappa shape index (κ2) is 8.64. The highest BCUT2D eigenvalue weighted by Gasteiger charge is 2.20. The number of aliphatic hydroxyl groups is 2. The Hall–Kier alpha value is -2.64. The van der Waals surface area contributed by atoms with Crippen molar-refractivity contribution in [3.8, 4) is 5.75 Å². The normalized spacial score (nSPS) is 16.1. The van der Waals surface area contributed by atoms with Gasteiger partial charge < -0.3 is 25.6 Å². The van der Waals surface area contributed by atoms with Crippen LogP contribution in [0.25, 0.3) is 0 Å². The smallest absolute Gasteiger partial charge is 0.202 e.